The summed E-state index contributed by atoms with van der Waals surface area (Å²) in [6, 6.07) is 4.78. The van der Waals surface area contributed by atoms with Crippen molar-refractivity contribution in [2.45, 2.75) is 25.4 Å². The van der Waals surface area contributed by atoms with E-state index < -0.39 is 5.82 Å². The van der Waals surface area contributed by atoms with Crippen LogP contribution in [0.15, 0.2) is 29.2 Å². The summed E-state index contributed by atoms with van der Waals surface area (Å²) in [4.78, 5) is 18.4. The van der Waals surface area contributed by atoms with Crippen molar-refractivity contribution in [1.82, 2.24) is 14.5 Å². The maximum Gasteiger partial charge on any atom is 0.251 e. The molecule has 0 saturated carbocycles. The summed E-state index contributed by atoms with van der Waals surface area (Å²) in [5.41, 5.74) is 6.95. The molecule has 0 radical (unpaired) electrons. The van der Waals surface area contributed by atoms with Gasteiger partial charge in [0.1, 0.15) is 5.82 Å². The van der Waals surface area contributed by atoms with Crippen LogP contribution in [0, 0.1) is 5.82 Å². The predicted octanol–water partition coefficient (Wildman–Crippen LogP) is 1.80. The number of nitrogens with two attached hydrogens (primary N) is 1. The van der Waals surface area contributed by atoms with Gasteiger partial charge in [0.05, 0.1) is 17.2 Å². The number of likely N-dealkylation sites (tertiary alicyclic amines) is 1. The number of pyridine rings is 2. The van der Waals surface area contributed by atoms with Crippen LogP contribution in [-0.4, -0.2) is 40.1 Å². The summed E-state index contributed by atoms with van der Waals surface area (Å²) in [6.07, 6.45) is 3.14. The largest absolute Gasteiger partial charge is 0.328 e. The molecule has 0 aliphatic carbocycles. The zero-order chi connectivity index (χ0) is 14.8. The van der Waals surface area contributed by atoms with Crippen molar-refractivity contribution in [3.05, 3.63) is 40.6 Å². The SMILES string of the molecule is Cl.Cl.NC1CCN(CCn2c(=O)ccc3ncc(F)cc32)CC1. The van der Waals surface area contributed by atoms with Gasteiger partial charge in [-0.2, -0.15) is 0 Å². The van der Waals surface area contributed by atoms with E-state index in [2.05, 4.69) is 9.88 Å². The molecule has 0 unspecified atom stereocenters. The highest BCUT2D eigenvalue weighted by atomic mass is 35.5. The summed E-state index contributed by atoms with van der Waals surface area (Å²) < 4.78 is 15.0. The number of aromatic nitrogens is 2. The molecular formula is C15H21Cl2FN4O. The van der Waals surface area contributed by atoms with Crippen LogP contribution in [0.2, 0.25) is 0 Å². The second-order valence-electron chi connectivity index (χ2n) is 5.56. The van der Waals surface area contributed by atoms with Gasteiger partial charge in [0.25, 0.3) is 5.56 Å². The van der Waals surface area contributed by atoms with Gasteiger partial charge in [-0.1, -0.05) is 0 Å². The zero-order valence-electron chi connectivity index (χ0n) is 12.7. The number of hydrogen-bond acceptors (Lipinski definition) is 4. The maximum atomic E-state index is 13.4. The van der Waals surface area contributed by atoms with Crippen LogP contribution in [0.4, 0.5) is 4.39 Å². The first-order valence-electron chi connectivity index (χ1n) is 7.26. The van der Waals surface area contributed by atoms with Gasteiger partial charge >= 0.3 is 0 Å². The fourth-order valence-corrected chi connectivity index (χ4v) is 2.79. The van der Waals surface area contributed by atoms with E-state index in [-0.39, 0.29) is 30.4 Å². The van der Waals surface area contributed by atoms with Gasteiger partial charge < -0.3 is 15.2 Å². The van der Waals surface area contributed by atoms with E-state index in [9.17, 15) is 9.18 Å². The minimum atomic E-state index is -0.425. The first kappa shape index (κ1) is 19.8. The Morgan fingerprint density at radius 1 is 1.22 bits per heavy atom. The number of nitrogens with zero attached hydrogens (tertiary/aromatic N) is 3. The van der Waals surface area contributed by atoms with Gasteiger partial charge in [0.2, 0.25) is 0 Å². The third kappa shape index (κ3) is 4.64. The number of piperidine rings is 1. The van der Waals surface area contributed by atoms with Crippen LogP contribution in [0.1, 0.15) is 12.8 Å². The molecule has 3 heterocycles. The molecule has 2 aromatic rings. The fourth-order valence-electron chi connectivity index (χ4n) is 2.79. The third-order valence-electron chi connectivity index (χ3n) is 4.08. The molecule has 0 aromatic carbocycles. The van der Waals surface area contributed by atoms with Crippen LogP contribution < -0.4 is 11.3 Å². The van der Waals surface area contributed by atoms with Gasteiger partial charge in [-0.3, -0.25) is 9.78 Å². The first-order chi connectivity index (χ1) is 10.1. The maximum absolute atomic E-state index is 13.4. The zero-order valence-corrected chi connectivity index (χ0v) is 14.3. The summed E-state index contributed by atoms with van der Waals surface area (Å²) in [5, 5.41) is 0. The van der Waals surface area contributed by atoms with Crippen LogP contribution in [-0.2, 0) is 6.54 Å². The van der Waals surface area contributed by atoms with E-state index in [0.29, 0.717) is 23.6 Å². The molecule has 1 aliphatic heterocycles. The fraction of sp³-hybridized carbons (Fsp3) is 0.467. The molecule has 5 nitrogen and oxygen atoms in total. The Hall–Kier alpha value is -1.21. The number of hydrogen-bond donors (Lipinski definition) is 1. The van der Waals surface area contributed by atoms with Crippen molar-refractivity contribution in [3.8, 4) is 0 Å². The second-order valence-corrected chi connectivity index (χ2v) is 5.56. The lowest BCUT2D eigenvalue weighted by molar-refractivity contribution is 0.206. The van der Waals surface area contributed by atoms with Crippen LogP contribution in [0.25, 0.3) is 11.0 Å². The lowest BCUT2D eigenvalue weighted by Crippen LogP contribution is -2.41. The molecule has 2 aromatic heterocycles. The molecule has 0 bridgehead atoms. The summed E-state index contributed by atoms with van der Waals surface area (Å²) >= 11 is 0. The highest BCUT2D eigenvalue weighted by Crippen LogP contribution is 2.12. The smallest absolute Gasteiger partial charge is 0.251 e. The van der Waals surface area contributed by atoms with E-state index in [4.69, 9.17) is 5.73 Å². The average Bonchev–Trinajstić information content (AvgIpc) is 2.48. The molecule has 3 rings (SSSR count). The molecular weight excluding hydrogens is 342 g/mol. The molecule has 0 atom stereocenters. The Morgan fingerprint density at radius 3 is 2.61 bits per heavy atom. The molecule has 1 saturated heterocycles. The van der Waals surface area contributed by atoms with Gasteiger partial charge in [-0.15, -0.1) is 24.8 Å². The Kier molecular flexibility index (Phi) is 7.41. The monoisotopic (exact) mass is 362 g/mol. The van der Waals surface area contributed by atoms with Crippen molar-refractivity contribution in [2.75, 3.05) is 19.6 Å². The quantitative estimate of drug-likeness (QED) is 0.903. The number of rotatable bonds is 3. The Bertz CT molecular complexity index is 701. The van der Waals surface area contributed by atoms with E-state index >= 15 is 0 Å². The molecule has 1 fully saturated rings. The van der Waals surface area contributed by atoms with Crippen LogP contribution >= 0.6 is 24.8 Å². The molecule has 2 N–H and O–H groups in total. The van der Waals surface area contributed by atoms with Crippen LogP contribution in [0.5, 0.6) is 0 Å². The number of fused-ring (bicyclic) bond motifs is 1. The van der Waals surface area contributed by atoms with Crippen molar-refractivity contribution in [1.29, 1.82) is 0 Å². The highest BCUT2D eigenvalue weighted by molar-refractivity contribution is 5.85. The summed E-state index contributed by atoms with van der Waals surface area (Å²) in [6.45, 7) is 3.21. The van der Waals surface area contributed by atoms with Crippen molar-refractivity contribution in [3.63, 3.8) is 0 Å². The normalized spacial score (nSPS) is 15.9. The standard InChI is InChI=1S/C15H19FN4O.2ClH/c16-11-9-14-13(18-10-11)1-2-15(21)20(14)8-7-19-5-3-12(17)4-6-19;;/h1-2,9-10,12H,3-8,17H2;2*1H. The Labute approximate surface area is 146 Å². The van der Waals surface area contributed by atoms with Gasteiger partial charge in [-0.05, 0) is 32.0 Å². The van der Waals surface area contributed by atoms with Gasteiger partial charge in [0.15, 0.2) is 0 Å². The van der Waals surface area contributed by atoms with Crippen LogP contribution in [0.3, 0.4) is 0 Å². The second kappa shape index (κ2) is 8.59. The third-order valence-corrected chi connectivity index (χ3v) is 4.08. The first-order valence-corrected chi connectivity index (χ1v) is 7.26. The number of halogens is 3. The van der Waals surface area contributed by atoms with Gasteiger partial charge in [0, 0.05) is 31.3 Å². The minimum Gasteiger partial charge on any atom is -0.328 e. The highest BCUT2D eigenvalue weighted by Gasteiger charge is 2.16. The molecule has 8 heteroatoms. The van der Waals surface area contributed by atoms with E-state index in [1.54, 1.807) is 10.6 Å². The lowest BCUT2D eigenvalue weighted by Gasteiger charge is -2.30. The molecule has 1 aliphatic rings. The topological polar surface area (TPSA) is 64.2 Å². The lowest BCUT2D eigenvalue weighted by atomic mass is 10.1. The molecule has 128 valence electrons. The predicted molar refractivity (Wildman–Crippen MR) is 94.1 cm³/mol. The van der Waals surface area contributed by atoms with E-state index in [0.717, 1.165) is 32.5 Å². The van der Waals surface area contributed by atoms with Crippen molar-refractivity contribution in [2.24, 2.45) is 5.73 Å². The van der Waals surface area contributed by atoms with Crippen molar-refractivity contribution < 1.29 is 4.39 Å². The Balaban J connectivity index is 0.00000132. The van der Waals surface area contributed by atoms with E-state index in [1.165, 1.54) is 18.3 Å². The average molecular weight is 363 g/mol. The Morgan fingerprint density at radius 2 is 1.91 bits per heavy atom. The van der Waals surface area contributed by atoms with Crippen molar-refractivity contribution >= 4 is 35.8 Å². The van der Waals surface area contributed by atoms with Gasteiger partial charge in [-0.25, -0.2) is 4.39 Å². The molecule has 23 heavy (non-hydrogen) atoms. The molecule has 0 spiro atoms. The summed E-state index contributed by atoms with van der Waals surface area (Å²) in [7, 11) is 0. The van der Waals surface area contributed by atoms with E-state index in [1.807, 2.05) is 0 Å². The minimum absolute atomic E-state index is 0. The molecule has 0 amide bonds. The summed E-state index contributed by atoms with van der Waals surface area (Å²) in [5.74, 6) is -0.425.